The number of aliphatic carboxylic acids is 1. The molecule has 1 amide bonds. The molecule has 0 fully saturated rings. The van der Waals surface area contributed by atoms with Gasteiger partial charge in [-0.1, -0.05) is 6.07 Å². The summed E-state index contributed by atoms with van der Waals surface area (Å²) < 4.78 is 11.8. The highest BCUT2D eigenvalue weighted by molar-refractivity contribution is 5.93. The number of carboxylic acid groups (broad SMARTS) is 1. The Labute approximate surface area is 139 Å². The number of nitrogens with zero attached hydrogens (tertiary/aromatic N) is 2. The summed E-state index contributed by atoms with van der Waals surface area (Å²) in [6, 6.07) is 5.85. The number of ether oxygens (including phenoxy) is 2. The molecule has 0 aliphatic heterocycles. The second-order valence-electron chi connectivity index (χ2n) is 5.08. The van der Waals surface area contributed by atoms with Crippen LogP contribution in [0.15, 0.2) is 30.5 Å². The third kappa shape index (κ3) is 3.83. The van der Waals surface area contributed by atoms with Crippen LogP contribution >= 0.6 is 0 Å². The van der Waals surface area contributed by atoms with E-state index in [1.54, 1.807) is 31.3 Å². The van der Waals surface area contributed by atoms with Crippen LogP contribution in [0.5, 0.6) is 11.5 Å². The molecule has 1 atom stereocenters. The van der Waals surface area contributed by atoms with Gasteiger partial charge in [-0.3, -0.25) is 14.3 Å². The van der Waals surface area contributed by atoms with Gasteiger partial charge < -0.3 is 19.9 Å². The maximum atomic E-state index is 12.3. The van der Waals surface area contributed by atoms with Gasteiger partial charge in [0.15, 0.2) is 11.5 Å². The number of hydrogen-bond donors (Lipinski definition) is 2. The first-order chi connectivity index (χ1) is 11.5. The molecule has 0 spiro atoms. The topological polar surface area (TPSA) is 103 Å². The summed E-state index contributed by atoms with van der Waals surface area (Å²) in [7, 11) is 4.63. The quantitative estimate of drug-likeness (QED) is 0.793. The molecule has 8 nitrogen and oxygen atoms in total. The van der Waals surface area contributed by atoms with Crippen LogP contribution in [-0.2, 0) is 11.8 Å². The van der Waals surface area contributed by atoms with E-state index < -0.39 is 17.9 Å². The Hall–Kier alpha value is -3.03. The van der Waals surface area contributed by atoms with Crippen molar-refractivity contribution in [1.29, 1.82) is 0 Å². The predicted octanol–water partition coefficient (Wildman–Crippen LogP) is 1.38. The van der Waals surface area contributed by atoms with E-state index in [2.05, 4.69) is 10.4 Å². The zero-order valence-corrected chi connectivity index (χ0v) is 13.6. The molecule has 0 bridgehead atoms. The van der Waals surface area contributed by atoms with Gasteiger partial charge in [-0.15, -0.1) is 0 Å². The summed E-state index contributed by atoms with van der Waals surface area (Å²) in [6.45, 7) is 0. The second-order valence-corrected chi connectivity index (χ2v) is 5.08. The maximum Gasteiger partial charge on any atom is 0.305 e. The molecular weight excluding hydrogens is 314 g/mol. The second kappa shape index (κ2) is 7.49. The molecule has 8 heteroatoms. The van der Waals surface area contributed by atoms with E-state index in [-0.39, 0.29) is 6.42 Å². The molecular formula is C16H19N3O5. The van der Waals surface area contributed by atoms with E-state index in [1.807, 2.05) is 0 Å². The molecule has 2 N–H and O–H groups in total. The standard InChI is InChI=1S/C16H19N3O5/c1-19-12(6-7-17-19)16(22)18-11(9-15(20)21)10-4-5-13(23-2)14(8-10)24-3/h4-8,11H,9H2,1-3H3,(H,18,22)(H,20,21). The molecule has 1 aromatic heterocycles. The average molecular weight is 333 g/mol. The van der Waals surface area contributed by atoms with Crippen LogP contribution in [0, 0.1) is 0 Å². The van der Waals surface area contributed by atoms with Crippen LogP contribution < -0.4 is 14.8 Å². The zero-order chi connectivity index (χ0) is 17.7. The lowest BCUT2D eigenvalue weighted by molar-refractivity contribution is -0.137. The minimum absolute atomic E-state index is 0.265. The van der Waals surface area contributed by atoms with Gasteiger partial charge in [-0.05, 0) is 23.8 Å². The molecule has 1 aromatic carbocycles. The van der Waals surface area contributed by atoms with Crippen molar-refractivity contribution in [3.05, 3.63) is 41.7 Å². The SMILES string of the molecule is COc1ccc(C(CC(=O)O)NC(=O)c2ccnn2C)cc1OC. The number of benzene rings is 1. The number of hydrogen-bond acceptors (Lipinski definition) is 5. The summed E-state index contributed by atoms with van der Waals surface area (Å²) in [5, 5.41) is 15.8. The van der Waals surface area contributed by atoms with Gasteiger partial charge in [-0.2, -0.15) is 5.10 Å². The first-order valence-corrected chi connectivity index (χ1v) is 7.18. The lowest BCUT2D eigenvalue weighted by Gasteiger charge is -2.19. The van der Waals surface area contributed by atoms with Crippen molar-refractivity contribution in [1.82, 2.24) is 15.1 Å². The lowest BCUT2D eigenvalue weighted by atomic mass is 10.0. The molecule has 0 saturated carbocycles. The van der Waals surface area contributed by atoms with Gasteiger partial charge in [-0.25, -0.2) is 0 Å². The molecule has 24 heavy (non-hydrogen) atoms. The van der Waals surface area contributed by atoms with Crippen molar-refractivity contribution in [3.8, 4) is 11.5 Å². The highest BCUT2D eigenvalue weighted by Gasteiger charge is 2.21. The van der Waals surface area contributed by atoms with E-state index >= 15 is 0 Å². The number of nitrogens with one attached hydrogen (secondary N) is 1. The average Bonchev–Trinajstić information content (AvgIpc) is 2.99. The summed E-state index contributed by atoms with van der Waals surface area (Å²) in [4.78, 5) is 23.5. The molecule has 128 valence electrons. The Bertz CT molecular complexity index is 741. The van der Waals surface area contributed by atoms with Gasteiger partial charge in [0, 0.05) is 13.2 Å². The molecule has 2 aromatic rings. The van der Waals surface area contributed by atoms with Gasteiger partial charge >= 0.3 is 5.97 Å². The Morgan fingerprint density at radius 1 is 1.25 bits per heavy atom. The van der Waals surface area contributed by atoms with Crippen molar-refractivity contribution < 1.29 is 24.2 Å². The van der Waals surface area contributed by atoms with Gasteiger partial charge in [0.25, 0.3) is 5.91 Å². The molecule has 1 heterocycles. The monoisotopic (exact) mass is 333 g/mol. The summed E-state index contributed by atoms with van der Waals surface area (Å²) in [5.41, 5.74) is 0.941. The first kappa shape index (κ1) is 17.3. The number of rotatable bonds is 7. The molecule has 0 aliphatic rings. The van der Waals surface area contributed by atoms with Gasteiger partial charge in [0.1, 0.15) is 5.69 Å². The fraction of sp³-hybridized carbons (Fsp3) is 0.312. The van der Waals surface area contributed by atoms with Crippen molar-refractivity contribution >= 4 is 11.9 Å². The molecule has 1 unspecified atom stereocenters. The number of amides is 1. The summed E-state index contributed by atoms with van der Waals surface area (Å²) in [5.74, 6) is -0.454. The highest BCUT2D eigenvalue weighted by Crippen LogP contribution is 2.31. The fourth-order valence-corrected chi connectivity index (χ4v) is 2.33. The van der Waals surface area contributed by atoms with Crippen LogP contribution in [0.4, 0.5) is 0 Å². The third-order valence-corrected chi connectivity index (χ3v) is 3.55. The van der Waals surface area contributed by atoms with Crippen molar-refractivity contribution in [3.63, 3.8) is 0 Å². The zero-order valence-electron chi connectivity index (χ0n) is 13.6. The van der Waals surface area contributed by atoms with Crippen LogP contribution in [-0.4, -0.2) is 41.0 Å². The number of aromatic nitrogens is 2. The van der Waals surface area contributed by atoms with E-state index in [4.69, 9.17) is 14.6 Å². The smallest absolute Gasteiger partial charge is 0.305 e. The Kier molecular flexibility index (Phi) is 5.41. The van der Waals surface area contributed by atoms with E-state index in [1.165, 1.54) is 25.1 Å². The Morgan fingerprint density at radius 2 is 1.96 bits per heavy atom. The van der Waals surface area contributed by atoms with Crippen LogP contribution in [0.25, 0.3) is 0 Å². The normalized spacial score (nSPS) is 11.6. The van der Waals surface area contributed by atoms with Crippen molar-refractivity contribution in [2.75, 3.05) is 14.2 Å². The van der Waals surface area contributed by atoms with Gasteiger partial charge in [0.2, 0.25) is 0 Å². The number of carbonyl (C=O) groups excluding carboxylic acids is 1. The predicted molar refractivity (Wildman–Crippen MR) is 85.2 cm³/mol. The summed E-state index contributed by atoms with van der Waals surface area (Å²) in [6.07, 6.45) is 1.23. The number of carboxylic acids is 1. The van der Waals surface area contributed by atoms with Crippen LogP contribution in [0.2, 0.25) is 0 Å². The molecule has 0 radical (unpaired) electrons. The number of carbonyl (C=O) groups is 2. The van der Waals surface area contributed by atoms with E-state index in [9.17, 15) is 9.59 Å². The summed E-state index contributed by atoms with van der Waals surface area (Å²) >= 11 is 0. The minimum atomic E-state index is -1.03. The van der Waals surface area contributed by atoms with E-state index in [0.29, 0.717) is 22.8 Å². The van der Waals surface area contributed by atoms with Crippen molar-refractivity contribution in [2.45, 2.75) is 12.5 Å². The molecule has 0 aliphatic carbocycles. The molecule has 2 rings (SSSR count). The van der Waals surface area contributed by atoms with Crippen LogP contribution in [0.1, 0.15) is 28.5 Å². The van der Waals surface area contributed by atoms with Crippen molar-refractivity contribution in [2.24, 2.45) is 7.05 Å². The number of methoxy groups -OCH3 is 2. The Balaban J connectivity index is 2.30. The third-order valence-electron chi connectivity index (χ3n) is 3.55. The maximum absolute atomic E-state index is 12.3. The number of aryl methyl sites for hydroxylation is 1. The Morgan fingerprint density at radius 3 is 2.50 bits per heavy atom. The minimum Gasteiger partial charge on any atom is -0.493 e. The first-order valence-electron chi connectivity index (χ1n) is 7.18. The van der Waals surface area contributed by atoms with Gasteiger partial charge in [0.05, 0.1) is 26.7 Å². The van der Waals surface area contributed by atoms with Crippen LogP contribution in [0.3, 0.4) is 0 Å². The molecule has 0 saturated heterocycles. The van der Waals surface area contributed by atoms with E-state index in [0.717, 1.165) is 0 Å². The largest absolute Gasteiger partial charge is 0.493 e. The highest BCUT2D eigenvalue weighted by atomic mass is 16.5. The fourth-order valence-electron chi connectivity index (χ4n) is 2.33. The lowest BCUT2D eigenvalue weighted by Crippen LogP contribution is -2.31.